The highest BCUT2D eigenvalue weighted by atomic mass is 16.6. The molecule has 1 aliphatic heterocycles. The van der Waals surface area contributed by atoms with E-state index in [1.807, 2.05) is 0 Å². The highest BCUT2D eigenvalue weighted by molar-refractivity contribution is 6.02. The summed E-state index contributed by atoms with van der Waals surface area (Å²) in [5, 5.41) is 11.2. The molecular formula is C14H13NO5. The first-order valence-electron chi connectivity index (χ1n) is 5.92. The smallest absolute Gasteiger partial charge is 0.328 e. The van der Waals surface area contributed by atoms with Crippen molar-refractivity contribution in [1.29, 1.82) is 0 Å². The Labute approximate surface area is 115 Å². The zero-order valence-electron chi connectivity index (χ0n) is 10.5. The summed E-state index contributed by atoms with van der Waals surface area (Å²) in [5.41, 5.74) is 1.31. The van der Waals surface area contributed by atoms with Crippen molar-refractivity contribution >= 4 is 23.6 Å². The highest BCUT2D eigenvalue weighted by Crippen LogP contribution is 2.13. The van der Waals surface area contributed by atoms with E-state index in [9.17, 15) is 9.59 Å². The molecule has 104 valence electrons. The predicted molar refractivity (Wildman–Crippen MR) is 71.7 cm³/mol. The Morgan fingerprint density at radius 1 is 1.20 bits per heavy atom. The lowest BCUT2D eigenvalue weighted by Gasteiger charge is -2.15. The van der Waals surface area contributed by atoms with E-state index in [0.29, 0.717) is 18.9 Å². The number of hydrogen-bond donors (Lipinski definition) is 2. The third kappa shape index (κ3) is 3.88. The molecule has 0 fully saturated rings. The Bertz CT molecular complexity index is 559. The molecule has 0 spiro atoms. The molecule has 2 N–H and O–H groups in total. The summed E-state index contributed by atoms with van der Waals surface area (Å²) < 4.78 is 10.2. The number of carbonyl (C=O) groups excluding carboxylic acids is 1. The molecule has 1 aromatic rings. The maximum atomic E-state index is 11.8. The third-order valence-electron chi connectivity index (χ3n) is 2.46. The van der Waals surface area contributed by atoms with E-state index >= 15 is 0 Å². The van der Waals surface area contributed by atoms with Crippen LogP contribution < -0.4 is 5.32 Å². The molecule has 1 amide bonds. The minimum Gasteiger partial charge on any atom is -0.494 e. The number of carbonyl (C=O) groups is 2. The minimum absolute atomic E-state index is 0.131. The van der Waals surface area contributed by atoms with Crippen LogP contribution in [0.3, 0.4) is 0 Å². The van der Waals surface area contributed by atoms with Gasteiger partial charge in [0.05, 0.1) is 0 Å². The molecule has 0 atom stereocenters. The standard InChI is InChI=1S/C14H13NO5/c16-13(17)6-3-10-1-4-11(5-2-10)15-14(18)12-9-19-7-8-20-12/h1-6,9H,7-8H2,(H,15,18)(H,16,17)/b6-3+. The van der Waals surface area contributed by atoms with Gasteiger partial charge in [-0.1, -0.05) is 12.1 Å². The number of rotatable bonds is 4. The number of carboxylic acids is 1. The van der Waals surface area contributed by atoms with Crippen molar-refractivity contribution in [2.45, 2.75) is 0 Å². The molecule has 0 unspecified atom stereocenters. The van der Waals surface area contributed by atoms with Crippen molar-refractivity contribution in [1.82, 2.24) is 0 Å². The van der Waals surface area contributed by atoms with Crippen molar-refractivity contribution < 1.29 is 24.2 Å². The fourth-order valence-corrected chi connectivity index (χ4v) is 1.53. The average Bonchev–Trinajstić information content (AvgIpc) is 2.47. The number of hydrogen-bond acceptors (Lipinski definition) is 4. The van der Waals surface area contributed by atoms with E-state index in [0.717, 1.165) is 11.6 Å². The van der Waals surface area contributed by atoms with Crippen molar-refractivity contribution in [2.24, 2.45) is 0 Å². The summed E-state index contributed by atoms with van der Waals surface area (Å²) in [7, 11) is 0. The van der Waals surface area contributed by atoms with Crippen LogP contribution in [0.15, 0.2) is 42.4 Å². The fourth-order valence-electron chi connectivity index (χ4n) is 1.53. The second-order valence-corrected chi connectivity index (χ2v) is 3.95. The Hall–Kier alpha value is -2.76. The number of carboxylic acid groups (broad SMARTS) is 1. The lowest BCUT2D eigenvalue weighted by molar-refractivity contribution is -0.131. The number of aliphatic carboxylic acids is 1. The molecule has 1 aliphatic rings. The van der Waals surface area contributed by atoms with E-state index in [-0.39, 0.29) is 5.76 Å². The molecule has 1 aromatic carbocycles. The second-order valence-electron chi connectivity index (χ2n) is 3.95. The Kier molecular flexibility index (Phi) is 4.39. The zero-order chi connectivity index (χ0) is 14.4. The van der Waals surface area contributed by atoms with Crippen molar-refractivity contribution in [3.8, 4) is 0 Å². The molecule has 0 aromatic heterocycles. The average molecular weight is 275 g/mol. The highest BCUT2D eigenvalue weighted by Gasteiger charge is 2.14. The second kappa shape index (κ2) is 6.42. The van der Waals surface area contributed by atoms with Gasteiger partial charge in [0.25, 0.3) is 5.91 Å². The lowest BCUT2D eigenvalue weighted by atomic mass is 10.2. The van der Waals surface area contributed by atoms with E-state index in [1.54, 1.807) is 24.3 Å². The number of benzene rings is 1. The van der Waals surface area contributed by atoms with Gasteiger partial charge in [-0.2, -0.15) is 0 Å². The normalized spacial score (nSPS) is 14.1. The van der Waals surface area contributed by atoms with Crippen LogP contribution in [0.2, 0.25) is 0 Å². The monoisotopic (exact) mass is 275 g/mol. The maximum absolute atomic E-state index is 11.8. The lowest BCUT2D eigenvalue weighted by Crippen LogP contribution is -2.21. The molecular weight excluding hydrogens is 262 g/mol. The van der Waals surface area contributed by atoms with Gasteiger partial charge in [0.15, 0.2) is 0 Å². The molecule has 2 rings (SSSR count). The molecule has 1 heterocycles. The van der Waals surface area contributed by atoms with Crippen LogP contribution in [0.4, 0.5) is 5.69 Å². The molecule has 6 nitrogen and oxygen atoms in total. The summed E-state index contributed by atoms with van der Waals surface area (Å²) in [5.74, 6) is -1.27. The molecule has 0 aliphatic carbocycles. The van der Waals surface area contributed by atoms with Crippen LogP contribution in [0.1, 0.15) is 5.56 Å². The molecule has 0 saturated heterocycles. The van der Waals surface area contributed by atoms with Crippen LogP contribution in [-0.2, 0) is 19.1 Å². The van der Waals surface area contributed by atoms with Crippen molar-refractivity contribution in [2.75, 3.05) is 18.5 Å². The van der Waals surface area contributed by atoms with Gasteiger partial charge in [0.2, 0.25) is 5.76 Å². The van der Waals surface area contributed by atoms with E-state index in [1.165, 1.54) is 12.3 Å². The summed E-state index contributed by atoms with van der Waals surface area (Å²) in [6, 6.07) is 6.73. The first kappa shape index (κ1) is 13.7. The van der Waals surface area contributed by atoms with E-state index in [2.05, 4.69) is 5.32 Å². The van der Waals surface area contributed by atoms with Crippen LogP contribution in [0.5, 0.6) is 0 Å². The third-order valence-corrected chi connectivity index (χ3v) is 2.46. The van der Waals surface area contributed by atoms with Gasteiger partial charge in [-0.15, -0.1) is 0 Å². The number of nitrogens with one attached hydrogen (secondary N) is 1. The van der Waals surface area contributed by atoms with E-state index in [4.69, 9.17) is 14.6 Å². The van der Waals surface area contributed by atoms with E-state index < -0.39 is 11.9 Å². The number of amides is 1. The molecule has 0 saturated carbocycles. The predicted octanol–water partition coefficient (Wildman–Crippen LogP) is 1.61. The van der Waals surface area contributed by atoms with Gasteiger partial charge in [-0.25, -0.2) is 4.79 Å². The number of ether oxygens (including phenoxy) is 2. The molecule has 6 heteroatoms. The Morgan fingerprint density at radius 3 is 2.55 bits per heavy atom. The van der Waals surface area contributed by atoms with Crippen LogP contribution in [0.25, 0.3) is 6.08 Å². The van der Waals surface area contributed by atoms with Crippen LogP contribution in [0, 0.1) is 0 Å². The molecule has 0 bridgehead atoms. The largest absolute Gasteiger partial charge is 0.494 e. The van der Waals surface area contributed by atoms with Crippen LogP contribution >= 0.6 is 0 Å². The molecule has 0 radical (unpaired) electrons. The van der Waals surface area contributed by atoms with Gasteiger partial charge in [0, 0.05) is 11.8 Å². The topological polar surface area (TPSA) is 84.9 Å². The maximum Gasteiger partial charge on any atom is 0.328 e. The van der Waals surface area contributed by atoms with Gasteiger partial charge in [-0.05, 0) is 23.8 Å². The quantitative estimate of drug-likeness (QED) is 0.815. The van der Waals surface area contributed by atoms with Gasteiger partial charge >= 0.3 is 5.97 Å². The zero-order valence-corrected chi connectivity index (χ0v) is 10.5. The van der Waals surface area contributed by atoms with Gasteiger partial charge < -0.3 is 19.9 Å². The Morgan fingerprint density at radius 2 is 1.95 bits per heavy atom. The Balaban J connectivity index is 1.98. The van der Waals surface area contributed by atoms with Crippen molar-refractivity contribution in [3.05, 3.63) is 47.9 Å². The number of anilines is 1. The van der Waals surface area contributed by atoms with Gasteiger partial charge in [-0.3, -0.25) is 4.79 Å². The minimum atomic E-state index is -1.01. The summed E-state index contributed by atoms with van der Waals surface area (Å²) in [6.07, 6.45) is 3.79. The fraction of sp³-hybridized carbons (Fsp3) is 0.143. The van der Waals surface area contributed by atoms with Gasteiger partial charge in [0.1, 0.15) is 19.5 Å². The summed E-state index contributed by atoms with van der Waals surface area (Å²) in [4.78, 5) is 22.2. The SMILES string of the molecule is O=C(O)/C=C/c1ccc(NC(=O)C2=COCCO2)cc1. The van der Waals surface area contributed by atoms with Crippen molar-refractivity contribution in [3.63, 3.8) is 0 Å². The first-order chi connectivity index (χ1) is 9.65. The first-order valence-corrected chi connectivity index (χ1v) is 5.92. The molecule has 20 heavy (non-hydrogen) atoms. The summed E-state index contributed by atoms with van der Waals surface area (Å²) >= 11 is 0. The van der Waals surface area contributed by atoms with Crippen LogP contribution in [-0.4, -0.2) is 30.2 Å². The summed E-state index contributed by atoms with van der Waals surface area (Å²) in [6.45, 7) is 0.777.